The molecule has 6 heteroatoms. The third kappa shape index (κ3) is 3.38. The highest BCUT2D eigenvalue weighted by molar-refractivity contribution is 7.84. The Labute approximate surface area is 119 Å². The first-order valence-electron chi connectivity index (χ1n) is 5.73. The van der Waals surface area contributed by atoms with Crippen molar-refractivity contribution in [3.63, 3.8) is 0 Å². The maximum atomic E-state index is 11.0. The van der Waals surface area contributed by atoms with Crippen molar-refractivity contribution in [1.29, 1.82) is 0 Å². The average Bonchev–Trinajstić information content (AvgIpc) is 2.29. The van der Waals surface area contributed by atoms with Gasteiger partial charge in [0.15, 0.2) is 0 Å². The van der Waals surface area contributed by atoms with Gasteiger partial charge in [-0.1, -0.05) is 23.2 Å². The van der Waals surface area contributed by atoms with E-state index in [-0.39, 0.29) is 6.04 Å². The van der Waals surface area contributed by atoms with Crippen LogP contribution in [0.2, 0.25) is 10.0 Å². The number of halogens is 2. The quantitative estimate of drug-likeness (QED) is 0.929. The van der Waals surface area contributed by atoms with Crippen molar-refractivity contribution in [3.8, 4) is 5.75 Å². The van der Waals surface area contributed by atoms with Crippen LogP contribution in [0.1, 0.15) is 18.0 Å². The van der Waals surface area contributed by atoms with Gasteiger partial charge in [0.1, 0.15) is 5.75 Å². The fourth-order valence-electron chi connectivity index (χ4n) is 2.01. The topological polar surface area (TPSA) is 38.3 Å². The number of benzene rings is 1. The summed E-state index contributed by atoms with van der Waals surface area (Å²) < 4.78 is 16.6. The molecule has 2 rings (SSSR count). The third-order valence-corrected chi connectivity index (χ3v) is 4.12. The Balaban J connectivity index is 2.14. The van der Waals surface area contributed by atoms with Gasteiger partial charge in [-0.3, -0.25) is 4.21 Å². The van der Waals surface area contributed by atoms with Crippen LogP contribution in [-0.4, -0.2) is 29.4 Å². The molecule has 1 heterocycles. The second kappa shape index (κ2) is 6.24. The van der Waals surface area contributed by atoms with Gasteiger partial charge in [-0.05, 0) is 12.1 Å². The second-order valence-electron chi connectivity index (χ2n) is 4.23. The molecule has 1 aromatic rings. The van der Waals surface area contributed by atoms with Gasteiger partial charge < -0.3 is 10.1 Å². The first-order chi connectivity index (χ1) is 8.58. The molecule has 1 aliphatic heterocycles. The number of hydrogen-bond acceptors (Lipinski definition) is 3. The fraction of sp³-hybridized carbons (Fsp3) is 0.500. The molecule has 3 nitrogen and oxygen atoms in total. The molecule has 0 saturated carbocycles. The molecule has 0 aliphatic carbocycles. The fourth-order valence-corrected chi connectivity index (χ4v) is 2.98. The minimum Gasteiger partial charge on any atom is -0.492 e. The molecule has 1 aromatic carbocycles. The number of fused-ring (bicyclic) bond motifs is 1. The molecule has 0 fully saturated rings. The largest absolute Gasteiger partial charge is 0.492 e. The molecular weight excluding hydrogens is 293 g/mol. The van der Waals surface area contributed by atoms with Crippen LogP contribution < -0.4 is 10.1 Å². The van der Waals surface area contributed by atoms with E-state index in [9.17, 15) is 4.21 Å². The van der Waals surface area contributed by atoms with E-state index >= 15 is 0 Å². The molecule has 0 bridgehead atoms. The van der Waals surface area contributed by atoms with Crippen molar-refractivity contribution in [2.75, 3.05) is 25.2 Å². The molecule has 2 unspecified atom stereocenters. The van der Waals surface area contributed by atoms with Crippen molar-refractivity contribution in [2.24, 2.45) is 0 Å². The summed E-state index contributed by atoms with van der Waals surface area (Å²) in [7, 11) is -0.782. The first kappa shape index (κ1) is 14.1. The van der Waals surface area contributed by atoms with E-state index in [1.54, 1.807) is 12.3 Å². The van der Waals surface area contributed by atoms with Crippen molar-refractivity contribution in [3.05, 3.63) is 27.7 Å². The summed E-state index contributed by atoms with van der Waals surface area (Å²) in [5.41, 5.74) is 0.987. The molecule has 1 aliphatic rings. The lowest BCUT2D eigenvalue weighted by molar-refractivity contribution is 0.254. The molecule has 2 atom stereocenters. The van der Waals surface area contributed by atoms with Crippen LogP contribution in [0.3, 0.4) is 0 Å². The lowest BCUT2D eigenvalue weighted by Gasteiger charge is -2.27. The standard InChI is InChI=1S/C12H15Cl2NO2S/c1-18(16)5-3-15-11-2-4-17-12-9(11)6-8(13)7-10(12)14/h6-7,11,15H,2-5H2,1H3. The molecule has 0 saturated heterocycles. The van der Waals surface area contributed by atoms with Gasteiger partial charge in [0.2, 0.25) is 0 Å². The van der Waals surface area contributed by atoms with Crippen LogP contribution in [0, 0.1) is 0 Å². The number of rotatable bonds is 4. The summed E-state index contributed by atoms with van der Waals surface area (Å²) in [6, 6.07) is 3.72. The van der Waals surface area contributed by atoms with Gasteiger partial charge in [0, 0.05) is 52.4 Å². The number of ether oxygens (including phenoxy) is 1. The Morgan fingerprint density at radius 3 is 3.00 bits per heavy atom. The molecule has 0 aromatic heterocycles. The van der Waals surface area contributed by atoms with E-state index in [1.165, 1.54) is 0 Å². The highest BCUT2D eigenvalue weighted by atomic mass is 35.5. The monoisotopic (exact) mass is 307 g/mol. The maximum Gasteiger partial charge on any atom is 0.142 e. The molecule has 18 heavy (non-hydrogen) atoms. The minimum atomic E-state index is -0.782. The van der Waals surface area contributed by atoms with Crippen molar-refractivity contribution in [2.45, 2.75) is 12.5 Å². The molecule has 0 amide bonds. The predicted molar refractivity (Wildman–Crippen MR) is 76.3 cm³/mol. The molecule has 100 valence electrons. The zero-order chi connectivity index (χ0) is 13.1. The lowest BCUT2D eigenvalue weighted by Crippen LogP contribution is -2.30. The van der Waals surface area contributed by atoms with E-state index in [0.717, 1.165) is 12.0 Å². The van der Waals surface area contributed by atoms with Crippen LogP contribution >= 0.6 is 23.2 Å². The Hall–Kier alpha value is -0.290. The van der Waals surface area contributed by atoms with Crippen LogP contribution in [0.15, 0.2) is 12.1 Å². The average molecular weight is 308 g/mol. The highest BCUT2D eigenvalue weighted by Gasteiger charge is 2.23. The van der Waals surface area contributed by atoms with Crippen LogP contribution in [0.5, 0.6) is 5.75 Å². The van der Waals surface area contributed by atoms with Crippen LogP contribution in [0.25, 0.3) is 0 Å². The van der Waals surface area contributed by atoms with E-state index in [2.05, 4.69) is 5.32 Å². The molecule has 0 spiro atoms. The normalized spacial score (nSPS) is 20.1. The van der Waals surface area contributed by atoms with Gasteiger partial charge in [-0.2, -0.15) is 0 Å². The van der Waals surface area contributed by atoms with E-state index < -0.39 is 10.8 Å². The third-order valence-electron chi connectivity index (χ3n) is 2.85. The Morgan fingerprint density at radius 2 is 2.28 bits per heavy atom. The maximum absolute atomic E-state index is 11.0. The summed E-state index contributed by atoms with van der Waals surface area (Å²) in [6.45, 7) is 1.33. The molecule has 0 radical (unpaired) electrons. The van der Waals surface area contributed by atoms with Crippen LogP contribution in [0.4, 0.5) is 0 Å². The van der Waals surface area contributed by atoms with Gasteiger partial charge in [-0.15, -0.1) is 0 Å². The molecule has 1 N–H and O–H groups in total. The van der Waals surface area contributed by atoms with E-state index in [0.29, 0.717) is 34.7 Å². The summed E-state index contributed by atoms with van der Waals surface area (Å²) in [5, 5.41) is 4.52. The van der Waals surface area contributed by atoms with E-state index in [4.69, 9.17) is 27.9 Å². The molecular formula is C12H15Cl2NO2S. The number of hydrogen-bond donors (Lipinski definition) is 1. The first-order valence-corrected chi connectivity index (χ1v) is 8.21. The SMILES string of the molecule is CS(=O)CCNC1CCOc2c(Cl)cc(Cl)cc21. The van der Waals surface area contributed by atoms with Crippen molar-refractivity contribution < 1.29 is 8.95 Å². The predicted octanol–water partition coefficient (Wildman–Crippen LogP) is 2.79. The summed E-state index contributed by atoms with van der Waals surface area (Å²) in [5.74, 6) is 1.35. The zero-order valence-electron chi connectivity index (χ0n) is 10.0. The smallest absolute Gasteiger partial charge is 0.142 e. The van der Waals surface area contributed by atoms with E-state index in [1.807, 2.05) is 6.07 Å². The Bertz CT molecular complexity index is 468. The second-order valence-corrected chi connectivity index (χ2v) is 6.63. The summed E-state index contributed by atoms with van der Waals surface area (Å²) in [6.07, 6.45) is 2.56. The van der Waals surface area contributed by atoms with Gasteiger partial charge in [-0.25, -0.2) is 0 Å². The van der Waals surface area contributed by atoms with Crippen molar-refractivity contribution >= 4 is 34.0 Å². The minimum absolute atomic E-state index is 0.161. The van der Waals surface area contributed by atoms with Gasteiger partial charge >= 0.3 is 0 Å². The van der Waals surface area contributed by atoms with Crippen LogP contribution in [-0.2, 0) is 10.8 Å². The Morgan fingerprint density at radius 1 is 1.50 bits per heavy atom. The summed E-state index contributed by atoms with van der Waals surface area (Å²) in [4.78, 5) is 0. The highest BCUT2D eigenvalue weighted by Crippen LogP contribution is 2.39. The van der Waals surface area contributed by atoms with Gasteiger partial charge in [0.05, 0.1) is 11.6 Å². The zero-order valence-corrected chi connectivity index (χ0v) is 12.4. The Kier molecular flexibility index (Phi) is 4.90. The van der Waals surface area contributed by atoms with Crippen molar-refractivity contribution in [1.82, 2.24) is 5.32 Å². The lowest BCUT2D eigenvalue weighted by atomic mass is 10.0. The summed E-state index contributed by atoms with van der Waals surface area (Å²) >= 11 is 12.1. The number of nitrogens with one attached hydrogen (secondary N) is 1. The van der Waals surface area contributed by atoms with Gasteiger partial charge in [0.25, 0.3) is 0 Å².